The predicted octanol–water partition coefficient (Wildman–Crippen LogP) is 4.03. The molecule has 1 aliphatic rings. The van der Waals surface area contributed by atoms with Gasteiger partial charge in [-0.1, -0.05) is 20.8 Å². The SMILES string of the molecule is CCC(C)NCc1sc(C(C)C)nc1C1CC1. The third-order valence-corrected chi connectivity index (χ3v) is 4.80. The fourth-order valence-corrected chi connectivity index (χ4v) is 2.95. The van der Waals surface area contributed by atoms with Crippen molar-refractivity contribution in [3.05, 3.63) is 15.6 Å². The number of thiazole rings is 1. The molecule has 17 heavy (non-hydrogen) atoms. The van der Waals surface area contributed by atoms with Crippen molar-refractivity contribution in [1.29, 1.82) is 0 Å². The van der Waals surface area contributed by atoms with Crippen LogP contribution in [0.15, 0.2) is 0 Å². The minimum Gasteiger partial charge on any atom is -0.309 e. The maximum Gasteiger partial charge on any atom is 0.0957 e. The molecule has 1 aliphatic carbocycles. The third-order valence-electron chi connectivity index (χ3n) is 3.43. The van der Waals surface area contributed by atoms with Crippen molar-refractivity contribution in [2.45, 2.75) is 71.4 Å². The lowest BCUT2D eigenvalue weighted by atomic mass is 10.2. The topological polar surface area (TPSA) is 24.9 Å². The van der Waals surface area contributed by atoms with E-state index in [0.717, 1.165) is 12.5 Å². The van der Waals surface area contributed by atoms with Gasteiger partial charge in [0.2, 0.25) is 0 Å². The van der Waals surface area contributed by atoms with Crippen LogP contribution >= 0.6 is 11.3 Å². The van der Waals surface area contributed by atoms with E-state index in [4.69, 9.17) is 4.98 Å². The average molecular weight is 252 g/mol. The van der Waals surface area contributed by atoms with Crippen molar-refractivity contribution in [2.24, 2.45) is 0 Å². The lowest BCUT2D eigenvalue weighted by Gasteiger charge is -2.10. The van der Waals surface area contributed by atoms with Gasteiger partial charge in [-0.2, -0.15) is 0 Å². The molecule has 0 aliphatic heterocycles. The van der Waals surface area contributed by atoms with E-state index >= 15 is 0 Å². The largest absolute Gasteiger partial charge is 0.309 e. The molecule has 1 unspecified atom stereocenters. The molecule has 1 fully saturated rings. The Hall–Kier alpha value is -0.410. The van der Waals surface area contributed by atoms with Crippen LogP contribution in [0.3, 0.4) is 0 Å². The van der Waals surface area contributed by atoms with Crippen molar-refractivity contribution < 1.29 is 0 Å². The Balaban J connectivity index is 2.08. The van der Waals surface area contributed by atoms with Crippen molar-refractivity contribution in [3.63, 3.8) is 0 Å². The molecular weight excluding hydrogens is 228 g/mol. The van der Waals surface area contributed by atoms with Gasteiger partial charge in [-0.15, -0.1) is 11.3 Å². The maximum absolute atomic E-state index is 4.85. The Bertz CT molecular complexity index is 366. The third kappa shape index (κ3) is 3.29. The second-order valence-electron chi connectivity index (χ2n) is 5.48. The Labute approximate surface area is 109 Å². The Morgan fingerprint density at radius 1 is 1.35 bits per heavy atom. The van der Waals surface area contributed by atoms with E-state index in [1.807, 2.05) is 11.3 Å². The molecule has 1 atom stereocenters. The second-order valence-corrected chi connectivity index (χ2v) is 6.59. The van der Waals surface area contributed by atoms with Gasteiger partial charge in [0.15, 0.2) is 0 Å². The highest BCUT2D eigenvalue weighted by Gasteiger charge is 2.29. The zero-order valence-electron chi connectivity index (χ0n) is 11.4. The van der Waals surface area contributed by atoms with Gasteiger partial charge in [-0.25, -0.2) is 4.98 Å². The van der Waals surface area contributed by atoms with Crippen LogP contribution in [-0.2, 0) is 6.54 Å². The van der Waals surface area contributed by atoms with E-state index in [-0.39, 0.29) is 0 Å². The summed E-state index contributed by atoms with van der Waals surface area (Å²) in [5.74, 6) is 1.34. The summed E-state index contributed by atoms with van der Waals surface area (Å²) in [7, 11) is 0. The first-order chi connectivity index (χ1) is 8.11. The fraction of sp³-hybridized carbons (Fsp3) is 0.786. The number of hydrogen-bond acceptors (Lipinski definition) is 3. The minimum absolute atomic E-state index is 0.565. The van der Waals surface area contributed by atoms with E-state index in [9.17, 15) is 0 Å². The van der Waals surface area contributed by atoms with Crippen molar-refractivity contribution >= 4 is 11.3 Å². The molecule has 1 saturated carbocycles. The molecule has 0 bridgehead atoms. The van der Waals surface area contributed by atoms with Crippen molar-refractivity contribution in [3.8, 4) is 0 Å². The molecule has 0 saturated heterocycles. The molecule has 3 heteroatoms. The van der Waals surface area contributed by atoms with E-state index in [1.54, 1.807) is 0 Å². The van der Waals surface area contributed by atoms with E-state index in [0.29, 0.717) is 12.0 Å². The van der Waals surface area contributed by atoms with E-state index < -0.39 is 0 Å². The van der Waals surface area contributed by atoms with Gasteiger partial charge in [0.1, 0.15) is 0 Å². The predicted molar refractivity (Wildman–Crippen MR) is 74.8 cm³/mol. The van der Waals surface area contributed by atoms with E-state index in [2.05, 4.69) is 33.0 Å². The smallest absolute Gasteiger partial charge is 0.0957 e. The van der Waals surface area contributed by atoms with Gasteiger partial charge in [-0.05, 0) is 26.2 Å². The first-order valence-corrected chi connectivity index (χ1v) is 7.66. The standard InChI is InChI=1S/C14H24N2S/c1-5-10(4)15-8-12-13(11-6-7-11)16-14(17-12)9(2)3/h9-11,15H,5-8H2,1-4H3. The van der Waals surface area contributed by atoms with Gasteiger partial charge >= 0.3 is 0 Å². The van der Waals surface area contributed by atoms with Gasteiger partial charge in [0.05, 0.1) is 10.7 Å². The van der Waals surface area contributed by atoms with Crippen molar-refractivity contribution in [2.75, 3.05) is 0 Å². The lowest BCUT2D eigenvalue weighted by molar-refractivity contribution is 0.535. The molecule has 0 radical (unpaired) electrons. The Kier molecular flexibility index (Phi) is 4.21. The molecule has 0 amide bonds. The monoisotopic (exact) mass is 252 g/mol. The Morgan fingerprint density at radius 2 is 2.06 bits per heavy atom. The van der Waals surface area contributed by atoms with Crippen LogP contribution in [-0.4, -0.2) is 11.0 Å². The molecule has 1 aromatic heterocycles. The van der Waals surface area contributed by atoms with Gasteiger partial charge < -0.3 is 5.32 Å². The summed E-state index contributed by atoms with van der Waals surface area (Å²) >= 11 is 1.91. The number of rotatable bonds is 6. The summed E-state index contributed by atoms with van der Waals surface area (Å²) in [5.41, 5.74) is 1.40. The normalized spacial score (nSPS) is 17.7. The van der Waals surface area contributed by atoms with Gasteiger partial charge in [0, 0.05) is 29.3 Å². The van der Waals surface area contributed by atoms with Crippen LogP contribution in [0.4, 0.5) is 0 Å². The Morgan fingerprint density at radius 3 is 2.59 bits per heavy atom. The molecule has 2 rings (SSSR count). The number of nitrogens with one attached hydrogen (secondary N) is 1. The number of aromatic nitrogens is 1. The number of nitrogens with zero attached hydrogens (tertiary/aromatic N) is 1. The van der Waals surface area contributed by atoms with Crippen LogP contribution in [0.2, 0.25) is 0 Å². The molecule has 96 valence electrons. The fourth-order valence-electron chi connectivity index (χ4n) is 1.84. The first-order valence-electron chi connectivity index (χ1n) is 6.84. The van der Waals surface area contributed by atoms with Gasteiger partial charge in [-0.3, -0.25) is 0 Å². The van der Waals surface area contributed by atoms with Crippen LogP contribution < -0.4 is 5.32 Å². The molecule has 0 aromatic carbocycles. The molecule has 2 nitrogen and oxygen atoms in total. The number of hydrogen-bond donors (Lipinski definition) is 1. The second kappa shape index (κ2) is 5.49. The molecule has 1 aromatic rings. The van der Waals surface area contributed by atoms with Crippen LogP contribution in [0.25, 0.3) is 0 Å². The quantitative estimate of drug-likeness (QED) is 0.826. The molecular formula is C14H24N2S. The highest BCUT2D eigenvalue weighted by Crippen LogP contribution is 2.43. The molecule has 1 heterocycles. The summed E-state index contributed by atoms with van der Waals surface area (Å²) in [6.07, 6.45) is 3.88. The first kappa shape index (κ1) is 13.0. The summed E-state index contributed by atoms with van der Waals surface area (Å²) in [6.45, 7) is 9.96. The molecule has 1 N–H and O–H groups in total. The highest BCUT2D eigenvalue weighted by atomic mass is 32.1. The van der Waals surface area contributed by atoms with Crippen LogP contribution in [0, 0.1) is 0 Å². The summed E-state index contributed by atoms with van der Waals surface area (Å²) in [4.78, 5) is 6.34. The summed E-state index contributed by atoms with van der Waals surface area (Å²) < 4.78 is 0. The van der Waals surface area contributed by atoms with Crippen molar-refractivity contribution in [1.82, 2.24) is 10.3 Å². The lowest BCUT2D eigenvalue weighted by Crippen LogP contribution is -2.24. The highest BCUT2D eigenvalue weighted by molar-refractivity contribution is 7.11. The zero-order valence-corrected chi connectivity index (χ0v) is 12.2. The zero-order chi connectivity index (χ0) is 12.4. The maximum atomic E-state index is 4.85. The van der Waals surface area contributed by atoms with E-state index in [1.165, 1.54) is 34.8 Å². The molecule has 0 spiro atoms. The minimum atomic E-state index is 0.565. The summed E-state index contributed by atoms with van der Waals surface area (Å²) in [5, 5.41) is 4.91. The van der Waals surface area contributed by atoms with Crippen LogP contribution in [0.1, 0.15) is 74.4 Å². The van der Waals surface area contributed by atoms with Crippen LogP contribution in [0.5, 0.6) is 0 Å². The summed E-state index contributed by atoms with van der Waals surface area (Å²) in [6, 6.07) is 0.603. The van der Waals surface area contributed by atoms with Gasteiger partial charge in [0.25, 0.3) is 0 Å². The average Bonchev–Trinajstić information content (AvgIpc) is 3.06.